The van der Waals surface area contributed by atoms with Crippen LogP contribution in [0, 0.1) is 41.5 Å². The minimum atomic E-state index is -4.57. The number of ketones is 2. The first kappa shape index (κ1) is 38.1. The number of aryl methyl sites for hydroxylation is 4. The van der Waals surface area contributed by atoms with E-state index in [4.69, 9.17) is 0 Å². The molecule has 5 rings (SSSR count). The van der Waals surface area contributed by atoms with Gasteiger partial charge in [-0.2, -0.15) is 16.8 Å². The van der Waals surface area contributed by atoms with E-state index in [2.05, 4.69) is 10.6 Å². The molecule has 10 nitrogen and oxygen atoms in total. The fraction of sp³-hybridized carbons (Fsp3) is 0.188. The summed E-state index contributed by atoms with van der Waals surface area (Å²) in [6.07, 6.45) is 0. The van der Waals surface area contributed by atoms with Crippen LogP contribution in [0.3, 0.4) is 0 Å². The van der Waals surface area contributed by atoms with Crippen LogP contribution in [0.1, 0.15) is 65.2 Å². The summed E-state index contributed by atoms with van der Waals surface area (Å²) in [7, 11) is -9.14. The Hall–Kier alpha value is -2.36. The van der Waals surface area contributed by atoms with E-state index >= 15 is 0 Å². The summed E-state index contributed by atoms with van der Waals surface area (Å²) in [5.74, 6) is -0.899. The Labute approximate surface area is 312 Å². The fourth-order valence-corrected chi connectivity index (χ4v) is 8.12. The van der Waals surface area contributed by atoms with E-state index in [1.54, 1.807) is 76.2 Å². The second-order valence-corrected chi connectivity index (χ2v) is 13.7. The van der Waals surface area contributed by atoms with Crippen LogP contribution < -0.4 is 10.6 Å². The Morgan fingerprint density at radius 2 is 0.870 bits per heavy atom. The number of hydrogen-bond donors (Lipinski definition) is 4. The van der Waals surface area contributed by atoms with Gasteiger partial charge in [0.15, 0.2) is 11.6 Å². The van der Waals surface area contributed by atoms with Crippen molar-refractivity contribution in [2.24, 2.45) is 0 Å². The van der Waals surface area contributed by atoms with Crippen molar-refractivity contribution in [3.8, 4) is 0 Å². The van der Waals surface area contributed by atoms with Gasteiger partial charge in [-0.1, -0.05) is 36.4 Å². The van der Waals surface area contributed by atoms with Crippen LogP contribution in [0.4, 0.5) is 22.7 Å². The van der Waals surface area contributed by atoms with Gasteiger partial charge in [0.1, 0.15) is 9.79 Å². The first-order valence-electron chi connectivity index (χ1n) is 13.5. The molecule has 0 saturated heterocycles. The largest absolute Gasteiger partial charge is 0.354 e. The van der Waals surface area contributed by atoms with E-state index in [0.717, 1.165) is 0 Å². The Morgan fingerprint density at radius 3 is 1.17 bits per heavy atom. The van der Waals surface area contributed by atoms with Gasteiger partial charge in [0.25, 0.3) is 20.2 Å². The second kappa shape index (κ2) is 13.6. The molecular weight excluding hydrogens is 650 g/mol. The van der Waals surface area contributed by atoms with Gasteiger partial charge in [-0.15, -0.1) is 0 Å². The van der Waals surface area contributed by atoms with Crippen molar-refractivity contribution in [1.29, 1.82) is 0 Å². The maximum atomic E-state index is 14.0. The summed E-state index contributed by atoms with van der Waals surface area (Å²) in [6, 6.07) is 12.7. The van der Waals surface area contributed by atoms with Gasteiger partial charge in [0.2, 0.25) is 0 Å². The van der Waals surface area contributed by atoms with Gasteiger partial charge < -0.3 is 10.6 Å². The van der Waals surface area contributed by atoms with Crippen molar-refractivity contribution < 1.29 is 35.5 Å². The topological polar surface area (TPSA) is 167 Å². The molecule has 0 bridgehead atoms. The second-order valence-electron chi connectivity index (χ2n) is 11.0. The van der Waals surface area contributed by atoms with Crippen molar-refractivity contribution in [1.82, 2.24) is 0 Å². The van der Waals surface area contributed by atoms with Gasteiger partial charge >= 0.3 is 0 Å². The molecule has 1 aliphatic carbocycles. The van der Waals surface area contributed by atoms with E-state index in [1.165, 1.54) is 13.8 Å². The van der Waals surface area contributed by atoms with Gasteiger partial charge in [-0.25, -0.2) is 0 Å². The van der Waals surface area contributed by atoms with Gasteiger partial charge in [0.05, 0.1) is 22.5 Å². The molecule has 2 radical (unpaired) electrons. The molecule has 0 fully saturated rings. The molecule has 0 saturated carbocycles. The van der Waals surface area contributed by atoms with Gasteiger partial charge in [-0.05, 0) is 87.1 Å². The quantitative estimate of drug-likeness (QED) is 0.132. The molecule has 0 aliphatic heterocycles. The van der Waals surface area contributed by atoms with Crippen LogP contribution in [-0.4, -0.2) is 96.6 Å². The van der Waals surface area contributed by atoms with Crippen LogP contribution in [0.5, 0.6) is 0 Å². The predicted octanol–water partition coefficient (Wildman–Crippen LogP) is 5.53. The molecule has 14 heteroatoms. The van der Waals surface area contributed by atoms with Crippen LogP contribution >= 0.6 is 0 Å². The molecule has 230 valence electrons. The zero-order valence-electron chi connectivity index (χ0n) is 26.8. The Morgan fingerprint density at radius 1 is 0.543 bits per heavy atom. The third kappa shape index (κ3) is 6.66. The third-order valence-corrected chi connectivity index (χ3v) is 10.2. The molecule has 0 heterocycles. The van der Waals surface area contributed by atoms with E-state index < -0.39 is 31.8 Å². The van der Waals surface area contributed by atoms with E-state index in [1.807, 2.05) is 0 Å². The summed E-state index contributed by atoms with van der Waals surface area (Å²) >= 11 is 0. The summed E-state index contributed by atoms with van der Waals surface area (Å²) < 4.78 is 68.6. The van der Waals surface area contributed by atoms with Crippen molar-refractivity contribution >= 4 is 114 Å². The standard InChI is InChI=1S/C32H30N2O8S2.2Na/c1-15-13-17(3)31(43(37,38)39)19(5)27(15)33-23-11-12-24(26-25(23)29(35)21-9-7-8-10-22(21)30(26)36)34-28-16(2)14-18(4)32(20(28)6)44(40,41)42;;/h7-14,33-34H,1-6H3,(H,37,38,39)(H,40,41,42);;. The maximum absolute atomic E-state index is 14.0. The van der Waals surface area contributed by atoms with E-state index in [0.29, 0.717) is 33.6 Å². The summed E-state index contributed by atoms with van der Waals surface area (Å²) in [5, 5.41) is 6.30. The molecule has 4 aromatic carbocycles. The first-order valence-corrected chi connectivity index (χ1v) is 16.4. The van der Waals surface area contributed by atoms with Crippen molar-refractivity contribution in [3.05, 3.63) is 104 Å². The van der Waals surface area contributed by atoms with Crippen LogP contribution in [-0.2, 0) is 20.2 Å². The summed E-state index contributed by atoms with van der Waals surface area (Å²) in [5.41, 5.74) is 4.04. The monoisotopic (exact) mass is 680 g/mol. The Bertz CT molecular complexity index is 2030. The molecule has 4 N–H and O–H groups in total. The van der Waals surface area contributed by atoms with Crippen LogP contribution in [0.2, 0.25) is 0 Å². The van der Waals surface area contributed by atoms with Crippen molar-refractivity contribution in [2.45, 2.75) is 51.3 Å². The van der Waals surface area contributed by atoms with Gasteiger partial charge in [-0.3, -0.25) is 18.7 Å². The molecule has 0 unspecified atom stereocenters. The molecule has 0 spiro atoms. The molecule has 4 aromatic rings. The van der Waals surface area contributed by atoms with Crippen molar-refractivity contribution in [3.63, 3.8) is 0 Å². The number of hydrogen-bond acceptors (Lipinski definition) is 8. The van der Waals surface area contributed by atoms with E-state index in [-0.39, 0.29) is 114 Å². The zero-order chi connectivity index (χ0) is 32.5. The van der Waals surface area contributed by atoms with E-state index in [9.17, 15) is 35.5 Å². The molecule has 0 aromatic heterocycles. The number of carbonyl (C=O) groups is 2. The Balaban J connectivity index is 0.00000288. The number of nitrogens with one attached hydrogen (secondary N) is 2. The normalized spacial score (nSPS) is 12.4. The number of anilines is 4. The smallest absolute Gasteiger partial charge is 0.295 e. The van der Waals surface area contributed by atoms with Crippen LogP contribution in [0.15, 0.2) is 58.3 Å². The molecule has 46 heavy (non-hydrogen) atoms. The van der Waals surface area contributed by atoms with Gasteiger partial charge in [0, 0.05) is 81.6 Å². The zero-order valence-corrected chi connectivity index (χ0v) is 32.4. The minimum Gasteiger partial charge on any atom is -0.354 e. The molecule has 0 amide bonds. The number of rotatable bonds is 6. The molecular formula is C32H30N2Na2O8S2. The molecule has 0 atom stereocenters. The average Bonchev–Trinajstić information content (AvgIpc) is 2.90. The van der Waals surface area contributed by atoms with Crippen LogP contribution in [0.25, 0.3) is 0 Å². The SMILES string of the molecule is Cc1cc(C)c(S(=O)(=O)O)c(C)c1Nc1ccc(Nc2c(C)cc(C)c(S(=O)(=O)O)c2C)c2c1C(=O)c1ccccc1C2=O.[Na].[Na]. The fourth-order valence-electron chi connectivity index (χ4n) is 6.21. The summed E-state index contributed by atoms with van der Waals surface area (Å²) in [4.78, 5) is 27.5. The summed E-state index contributed by atoms with van der Waals surface area (Å²) in [6.45, 7) is 9.69. The van der Waals surface area contributed by atoms with Crippen molar-refractivity contribution in [2.75, 3.05) is 10.6 Å². The maximum Gasteiger partial charge on any atom is 0.295 e. The third-order valence-electron chi connectivity index (χ3n) is 7.91. The minimum absolute atomic E-state index is 0. The molecule has 1 aliphatic rings. The first-order chi connectivity index (χ1) is 20.4. The number of benzene rings is 4. The Kier molecular flexibility index (Phi) is 11.3. The predicted molar refractivity (Wildman–Crippen MR) is 179 cm³/mol. The number of fused-ring (bicyclic) bond motifs is 2. The average molecular weight is 681 g/mol. The number of carbonyl (C=O) groups excluding carboxylic acids is 2.